The smallest absolute Gasteiger partial charge is 0.101 e. The summed E-state index contributed by atoms with van der Waals surface area (Å²) in [6.45, 7) is 17.0. The average Bonchev–Trinajstić information content (AvgIpc) is 2.72. The molecular formula is C27H32N2. The topological polar surface area (TPSA) is 6.48 Å². The summed E-state index contributed by atoms with van der Waals surface area (Å²) in [6, 6.07) is 20.3. The molecule has 0 amide bonds. The highest BCUT2D eigenvalue weighted by molar-refractivity contribution is 5.32. The van der Waals surface area contributed by atoms with Gasteiger partial charge in [0.2, 0.25) is 0 Å². The zero-order chi connectivity index (χ0) is 20.4. The molecule has 2 unspecified atom stereocenters. The van der Waals surface area contributed by atoms with E-state index in [9.17, 15) is 0 Å². The molecule has 2 nitrogen and oxygen atoms in total. The highest BCUT2D eigenvalue weighted by Crippen LogP contribution is 2.38. The van der Waals surface area contributed by atoms with Gasteiger partial charge in [-0.2, -0.15) is 0 Å². The molecule has 2 heterocycles. The molecule has 2 aliphatic rings. The van der Waals surface area contributed by atoms with Crippen molar-refractivity contribution in [2.75, 3.05) is 13.1 Å². The van der Waals surface area contributed by atoms with Gasteiger partial charge in [-0.05, 0) is 42.9 Å². The van der Waals surface area contributed by atoms with E-state index >= 15 is 0 Å². The molecule has 0 radical (unpaired) electrons. The molecule has 0 aliphatic carbocycles. The molecule has 2 aliphatic heterocycles. The zero-order valence-corrected chi connectivity index (χ0v) is 17.6. The lowest BCUT2D eigenvalue weighted by atomic mass is 9.88. The van der Waals surface area contributed by atoms with Crippen LogP contribution in [0.4, 0.5) is 0 Å². The number of nitrogens with zero attached hydrogens (tertiary/aromatic N) is 2. The van der Waals surface area contributed by atoms with E-state index in [0.29, 0.717) is 12.0 Å². The predicted octanol–water partition coefficient (Wildman–Crippen LogP) is 6.09. The van der Waals surface area contributed by atoms with E-state index in [1.165, 1.54) is 35.1 Å². The van der Waals surface area contributed by atoms with Crippen LogP contribution in [-0.2, 0) is 6.42 Å². The van der Waals surface area contributed by atoms with Crippen LogP contribution in [0.3, 0.4) is 0 Å². The molecule has 2 heteroatoms. The molecule has 2 saturated heterocycles. The summed E-state index contributed by atoms with van der Waals surface area (Å²) in [6.07, 6.45) is 4.44. The molecule has 2 aromatic rings. The molecule has 0 bridgehead atoms. The van der Waals surface area contributed by atoms with Crippen molar-refractivity contribution in [3.05, 3.63) is 108 Å². The Kier molecular flexibility index (Phi) is 5.62. The van der Waals surface area contributed by atoms with Crippen LogP contribution >= 0.6 is 0 Å². The summed E-state index contributed by atoms with van der Waals surface area (Å²) < 4.78 is 0. The van der Waals surface area contributed by atoms with Crippen LogP contribution in [-0.4, -0.2) is 28.9 Å². The summed E-state index contributed by atoms with van der Waals surface area (Å²) in [5, 5.41) is 0. The van der Waals surface area contributed by atoms with Crippen molar-refractivity contribution in [3.8, 4) is 0 Å². The first-order valence-electron chi connectivity index (χ1n) is 10.7. The molecule has 0 aromatic heterocycles. The summed E-state index contributed by atoms with van der Waals surface area (Å²) in [7, 11) is 0. The van der Waals surface area contributed by atoms with Gasteiger partial charge >= 0.3 is 0 Å². The van der Waals surface area contributed by atoms with Gasteiger partial charge in [0.25, 0.3) is 0 Å². The molecule has 2 atom stereocenters. The van der Waals surface area contributed by atoms with Crippen LogP contribution in [0.2, 0.25) is 0 Å². The quantitative estimate of drug-likeness (QED) is 0.556. The number of piperidine rings is 1. The second-order valence-corrected chi connectivity index (χ2v) is 8.61. The van der Waals surface area contributed by atoms with Gasteiger partial charge in [0, 0.05) is 31.1 Å². The Labute approximate surface area is 175 Å². The van der Waals surface area contributed by atoms with Crippen LogP contribution in [0.15, 0.2) is 91.4 Å². The van der Waals surface area contributed by atoms with Gasteiger partial charge in [-0.1, -0.05) is 79.9 Å². The maximum atomic E-state index is 4.43. The summed E-state index contributed by atoms with van der Waals surface area (Å²) in [5.74, 6) is 1.65. The van der Waals surface area contributed by atoms with Crippen LogP contribution in [0.25, 0.3) is 0 Å². The molecule has 150 valence electrons. The molecule has 0 spiro atoms. The Morgan fingerprint density at radius 2 is 1.79 bits per heavy atom. The third kappa shape index (κ3) is 4.17. The fourth-order valence-electron chi connectivity index (χ4n) is 4.70. The summed E-state index contributed by atoms with van der Waals surface area (Å²) >= 11 is 0. The highest BCUT2D eigenvalue weighted by atomic mass is 15.4. The normalized spacial score (nSPS) is 21.6. The number of benzene rings is 2. The van der Waals surface area contributed by atoms with Crippen LogP contribution in [0.5, 0.6) is 0 Å². The number of hydrogen-bond acceptors (Lipinski definition) is 2. The molecule has 0 N–H and O–H groups in total. The number of hydrogen-bond donors (Lipinski definition) is 0. The fraction of sp³-hybridized carbons (Fsp3) is 0.333. The lowest BCUT2D eigenvalue weighted by molar-refractivity contribution is 0.137. The lowest BCUT2D eigenvalue weighted by Crippen LogP contribution is -2.50. The first kappa shape index (κ1) is 19.6. The van der Waals surface area contributed by atoms with Crippen molar-refractivity contribution in [3.63, 3.8) is 0 Å². The zero-order valence-electron chi connectivity index (χ0n) is 17.6. The van der Waals surface area contributed by atoms with Gasteiger partial charge < -0.3 is 9.80 Å². The van der Waals surface area contributed by atoms with Crippen LogP contribution in [0.1, 0.15) is 48.8 Å². The third-order valence-electron chi connectivity index (χ3n) is 6.39. The molecular weight excluding hydrogens is 352 g/mol. The van der Waals surface area contributed by atoms with Gasteiger partial charge in [-0.3, -0.25) is 0 Å². The Hall–Kier alpha value is -2.74. The van der Waals surface area contributed by atoms with Crippen molar-refractivity contribution < 1.29 is 0 Å². The first-order valence-corrected chi connectivity index (χ1v) is 10.7. The number of rotatable bonds is 6. The second-order valence-electron chi connectivity index (χ2n) is 8.61. The third-order valence-corrected chi connectivity index (χ3v) is 6.39. The van der Waals surface area contributed by atoms with Crippen molar-refractivity contribution >= 4 is 0 Å². The van der Waals surface area contributed by atoms with Crippen molar-refractivity contribution in [1.82, 2.24) is 9.80 Å². The van der Waals surface area contributed by atoms with E-state index in [1.54, 1.807) is 0 Å². The fourth-order valence-corrected chi connectivity index (χ4v) is 4.70. The minimum Gasteiger partial charge on any atom is -0.358 e. The standard InChI is InChI=1S/C27H32N2/c1-20(2)27-16-21(3)29(27)22(4)28-15-9-14-26(19-28)25-13-8-12-24(18-25)17-23-10-6-5-7-11-23/h5-8,10-13,18,26-27H,1,3-4,9,14-17,19H2,2H3. The Bertz CT molecular complexity index is 911. The van der Waals surface area contributed by atoms with E-state index in [-0.39, 0.29) is 0 Å². The van der Waals surface area contributed by atoms with Gasteiger partial charge in [0.05, 0.1) is 6.04 Å². The summed E-state index contributed by atoms with van der Waals surface area (Å²) in [4.78, 5) is 4.74. The first-order chi connectivity index (χ1) is 14.0. The van der Waals surface area contributed by atoms with Gasteiger partial charge in [-0.15, -0.1) is 0 Å². The summed E-state index contributed by atoms with van der Waals surface area (Å²) in [5.41, 5.74) is 6.57. The van der Waals surface area contributed by atoms with Crippen molar-refractivity contribution in [2.45, 2.75) is 44.6 Å². The predicted molar refractivity (Wildman–Crippen MR) is 123 cm³/mol. The molecule has 4 rings (SSSR count). The van der Waals surface area contributed by atoms with Gasteiger partial charge in [0.1, 0.15) is 5.82 Å². The Balaban J connectivity index is 1.46. The highest BCUT2D eigenvalue weighted by Gasteiger charge is 2.36. The average molecular weight is 385 g/mol. The molecule has 2 fully saturated rings. The second kappa shape index (κ2) is 8.32. The number of likely N-dealkylation sites (tertiary alicyclic amines) is 2. The largest absolute Gasteiger partial charge is 0.358 e. The lowest BCUT2D eigenvalue weighted by Gasteiger charge is -2.50. The van der Waals surface area contributed by atoms with Crippen LogP contribution < -0.4 is 0 Å². The molecule has 0 saturated carbocycles. The maximum absolute atomic E-state index is 4.43. The van der Waals surface area contributed by atoms with E-state index in [0.717, 1.165) is 37.4 Å². The van der Waals surface area contributed by atoms with Gasteiger partial charge in [0.15, 0.2) is 0 Å². The molecule has 2 aromatic carbocycles. The minimum absolute atomic E-state index is 0.365. The van der Waals surface area contributed by atoms with Gasteiger partial charge in [-0.25, -0.2) is 0 Å². The Morgan fingerprint density at radius 3 is 2.52 bits per heavy atom. The minimum atomic E-state index is 0.365. The monoisotopic (exact) mass is 384 g/mol. The van der Waals surface area contributed by atoms with Crippen LogP contribution in [0, 0.1) is 0 Å². The van der Waals surface area contributed by atoms with E-state index in [4.69, 9.17) is 0 Å². The van der Waals surface area contributed by atoms with E-state index in [2.05, 4.69) is 91.1 Å². The SMILES string of the molecule is C=C(C)C1CC(=C)N1C(=C)N1CCCC(c2cccc(Cc3ccccc3)c2)C1. The van der Waals surface area contributed by atoms with Crippen molar-refractivity contribution in [1.29, 1.82) is 0 Å². The van der Waals surface area contributed by atoms with Crippen molar-refractivity contribution in [2.24, 2.45) is 0 Å². The molecule has 29 heavy (non-hydrogen) atoms. The van der Waals surface area contributed by atoms with E-state index in [1.807, 2.05) is 0 Å². The Morgan fingerprint density at radius 1 is 1.03 bits per heavy atom. The van der Waals surface area contributed by atoms with E-state index < -0.39 is 0 Å². The maximum Gasteiger partial charge on any atom is 0.101 e.